The van der Waals surface area contributed by atoms with Crippen LogP contribution in [0, 0.1) is 10.8 Å². The van der Waals surface area contributed by atoms with E-state index in [4.69, 9.17) is 0 Å². The molecule has 0 saturated carbocycles. The van der Waals surface area contributed by atoms with Gasteiger partial charge in [0.1, 0.15) is 12.2 Å². The molecule has 0 unspecified atom stereocenters. The number of hydrogen-bond acceptors (Lipinski definition) is 4. The van der Waals surface area contributed by atoms with E-state index in [9.17, 15) is 10.2 Å². The number of aliphatic hydroxyl groups excluding tert-OH is 2. The van der Waals surface area contributed by atoms with E-state index in [-0.39, 0.29) is 10.8 Å². The maximum atomic E-state index is 10.5. The molecule has 2 atom stereocenters. The summed E-state index contributed by atoms with van der Waals surface area (Å²) in [5, 5.41) is 20.9. The van der Waals surface area contributed by atoms with Crippen LogP contribution in [0.5, 0.6) is 0 Å². The van der Waals surface area contributed by atoms with E-state index in [1.807, 2.05) is 77.9 Å². The minimum Gasteiger partial charge on any atom is -0.386 e. The van der Waals surface area contributed by atoms with E-state index in [0.717, 1.165) is 0 Å². The molecular weight excluding hydrogens is 300 g/mol. The fourth-order valence-corrected chi connectivity index (χ4v) is 2.38. The van der Waals surface area contributed by atoms with Crippen LogP contribution in [0.2, 0.25) is 0 Å². The second-order valence-electron chi connectivity index (χ2n) is 8.43. The number of pyridine rings is 2. The third kappa shape index (κ3) is 4.19. The average molecular weight is 328 g/mol. The third-order valence-electron chi connectivity index (χ3n) is 4.00. The average Bonchev–Trinajstić information content (AvgIpc) is 2.52. The molecule has 0 saturated heterocycles. The molecule has 0 aliphatic rings. The van der Waals surface area contributed by atoms with E-state index < -0.39 is 12.2 Å². The van der Waals surface area contributed by atoms with Gasteiger partial charge in [0.15, 0.2) is 0 Å². The zero-order valence-electron chi connectivity index (χ0n) is 15.4. The van der Waals surface area contributed by atoms with Crippen LogP contribution in [0.15, 0.2) is 36.4 Å². The van der Waals surface area contributed by atoms with Gasteiger partial charge in [-0.15, -0.1) is 0 Å². The van der Waals surface area contributed by atoms with E-state index in [0.29, 0.717) is 22.8 Å². The Hall–Kier alpha value is -1.78. The number of nitrogens with zero attached hydrogens (tertiary/aromatic N) is 2. The van der Waals surface area contributed by atoms with E-state index in [1.54, 1.807) is 0 Å². The lowest BCUT2D eigenvalue weighted by atomic mass is 9.86. The summed E-state index contributed by atoms with van der Waals surface area (Å²) < 4.78 is 0. The molecule has 0 spiro atoms. The molecule has 0 aliphatic heterocycles. The molecule has 24 heavy (non-hydrogen) atoms. The normalized spacial score (nSPS) is 15.2. The maximum Gasteiger partial charge on any atom is 0.101 e. The zero-order chi connectivity index (χ0) is 18.1. The van der Waals surface area contributed by atoms with Gasteiger partial charge in [-0.1, -0.05) is 53.7 Å². The number of aliphatic hydroxyl groups is 2. The van der Waals surface area contributed by atoms with Crippen molar-refractivity contribution in [1.82, 2.24) is 9.97 Å². The molecule has 2 heterocycles. The van der Waals surface area contributed by atoms with Gasteiger partial charge in [0.05, 0.1) is 22.8 Å². The van der Waals surface area contributed by atoms with Crippen LogP contribution in [-0.2, 0) is 0 Å². The van der Waals surface area contributed by atoms with Gasteiger partial charge in [-0.2, -0.15) is 0 Å². The second-order valence-corrected chi connectivity index (χ2v) is 8.43. The van der Waals surface area contributed by atoms with E-state index in [1.165, 1.54) is 0 Å². The standard InChI is InChI=1S/C20H28N2O2/c1-19(2,3)17(23)15-11-7-9-13(21-15)14-10-8-12-16(22-14)18(24)20(4,5)6/h7-12,17-18,23-24H,1-6H3/t17-,18-/m0/s1. The smallest absolute Gasteiger partial charge is 0.101 e. The van der Waals surface area contributed by atoms with Gasteiger partial charge in [0.25, 0.3) is 0 Å². The van der Waals surface area contributed by atoms with Crippen LogP contribution in [0.4, 0.5) is 0 Å². The summed E-state index contributed by atoms with van der Waals surface area (Å²) in [7, 11) is 0. The molecule has 0 bridgehead atoms. The SMILES string of the molecule is CC(C)(C)[C@@H](O)c1cccc(-c2cccc([C@H](O)C(C)(C)C)n2)n1. The lowest BCUT2D eigenvalue weighted by Crippen LogP contribution is -2.19. The highest BCUT2D eigenvalue weighted by molar-refractivity contribution is 5.54. The Balaban J connectivity index is 2.40. The molecule has 2 rings (SSSR count). The summed E-state index contributed by atoms with van der Waals surface area (Å²) in [6, 6.07) is 11.1. The van der Waals surface area contributed by atoms with Crippen molar-refractivity contribution in [3.63, 3.8) is 0 Å². The molecule has 2 N–H and O–H groups in total. The first kappa shape index (κ1) is 18.6. The van der Waals surface area contributed by atoms with Gasteiger partial charge in [0, 0.05) is 0 Å². The summed E-state index contributed by atoms with van der Waals surface area (Å²) in [4.78, 5) is 9.16. The summed E-state index contributed by atoms with van der Waals surface area (Å²) in [6.07, 6.45) is -1.30. The van der Waals surface area contributed by atoms with Crippen molar-refractivity contribution >= 4 is 0 Å². The highest BCUT2D eigenvalue weighted by atomic mass is 16.3. The predicted molar refractivity (Wildman–Crippen MR) is 96.3 cm³/mol. The Morgan fingerprint density at radius 1 is 0.667 bits per heavy atom. The topological polar surface area (TPSA) is 66.2 Å². The van der Waals surface area contributed by atoms with Crippen molar-refractivity contribution in [3.05, 3.63) is 47.8 Å². The van der Waals surface area contributed by atoms with Crippen molar-refractivity contribution in [1.29, 1.82) is 0 Å². The molecule has 130 valence electrons. The van der Waals surface area contributed by atoms with Gasteiger partial charge < -0.3 is 10.2 Å². The summed E-state index contributed by atoms with van der Waals surface area (Å²) in [5.41, 5.74) is 2.07. The highest BCUT2D eigenvalue weighted by Gasteiger charge is 2.26. The fraction of sp³-hybridized carbons (Fsp3) is 0.500. The summed E-state index contributed by atoms with van der Waals surface area (Å²) in [5.74, 6) is 0. The number of hydrogen-bond donors (Lipinski definition) is 2. The molecule has 0 aliphatic carbocycles. The number of rotatable bonds is 3. The van der Waals surface area contributed by atoms with E-state index in [2.05, 4.69) is 9.97 Å². The minimum absolute atomic E-state index is 0.288. The Morgan fingerprint density at radius 3 is 1.29 bits per heavy atom. The van der Waals surface area contributed by atoms with Gasteiger partial charge >= 0.3 is 0 Å². The monoisotopic (exact) mass is 328 g/mol. The fourth-order valence-electron chi connectivity index (χ4n) is 2.38. The van der Waals surface area contributed by atoms with Crippen molar-refractivity contribution < 1.29 is 10.2 Å². The van der Waals surface area contributed by atoms with Crippen LogP contribution < -0.4 is 0 Å². The van der Waals surface area contributed by atoms with Crippen molar-refractivity contribution in [2.75, 3.05) is 0 Å². The first-order valence-electron chi connectivity index (χ1n) is 8.30. The molecule has 2 aromatic heterocycles. The largest absolute Gasteiger partial charge is 0.386 e. The molecular formula is C20H28N2O2. The molecule has 2 aromatic rings. The second kappa shape index (κ2) is 6.61. The molecule has 0 aromatic carbocycles. The molecule has 0 radical (unpaired) electrons. The molecule has 0 amide bonds. The molecule has 4 heteroatoms. The lowest BCUT2D eigenvalue weighted by Gasteiger charge is -2.26. The summed E-state index contributed by atoms with van der Waals surface area (Å²) in [6.45, 7) is 11.9. The molecule has 0 fully saturated rings. The third-order valence-corrected chi connectivity index (χ3v) is 4.00. The predicted octanol–water partition coefficient (Wildman–Crippen LogP) is 4.30. The summed E-state index contributed by atoms with van der Waals surface area (Å²) >= 11 is 0. The van der Waals surface area contributed by atoms with Gasteiger partial charge in [0.2, 0.25) is 0 Å². The van der Waals surface area contributed by atoms with Gasteiger partial charge in [-0.25, -0.2) is 9.97 Å². The Labute approximate surface area is 144 Å². The van der Waals surface area contributed by atoms with Crippen molar-refractivity contribution in [3.8, 4) is 11.4 Å². The van der Waals surface area contributed by atoms with Crippen LogP contribution in [0.25, 0.3) is 11.4 Å². The highest BCUT2D eigenvalue weighted by Crippen LogP contribution is 2.34. The van der Waals surface area contributed by atoms with Crippen molar-refractivity contribution in [2.24, 2.45) is 10.8 Å². The van der Waals surface area contributed by atoms with Crippen LogP contribution in [0.1, 0.15) is 65.1 Å². The molecule has 4 nitrogen and oxygen atoms in total. The quantitative estimate of drug-likeness (QED) is 0.881. The first-order chi connectivity index (χ1) is 11.0. The van der Waals surface area contributed by atoms with Crippen LogP contribution >= 0.6 is 0 Å². The number of aromatic nitrogens is 2. The lowest BCUT2D eigenvalue weighted by molar-refractivity contribution is 0.0587. The van der Waals surface area contributed by atoms with Gasteiger partial charge in [-0.05, 0) is 35.1 Å². The first-order valence-corrected chi connectivity index (χ1v) is 8.30. The minimum atomic E-state index is -0.652. The Bertz CT molecular complexity index is 638. The maximum absolute atomic E-state index is 10.5. The Morgan fingerprint density at radius 2 is 1.00 bits per heavy atom. The zero-order valence-corrected chi connectivity index (χ0v) is 15.4. The van der Waals surface area contributed by atoms with Crippen LogP contribution in [0.3, 0.4) is 0 Å². The van der Waals surface area contributed by atoms with Gasteiger partial charge in [-0.3, -0.25) is 0 Å². The Kier molecular flexibility index (Phi) is 5.11. The van der Waals surface area contributed by atoms with E-state index >= 15 is 0 Å². The van der Waals surface area contributed by atoms with Crippen LogP contribution in [-0.4, -0.2) is 20.2 Å². The van der Waals surface area contributed by atoms with Crippen molar-refractivity contribution in [2.45, 2.75) is 53.8 Å².